The second kappa shape index (κ2) is 4.46. The van der Waals surface area contributed by atoms with Gasteiger partial charge in [0.2, 0.25) is 0 Å². The van der Waals surface area contributed by atoms with Crippen LogP contribution >= 0.6 is 0 Å². The van der Waals surface area contributed by atoms with Crippen molar-refractivity contribution in [1.29, 1.82) is 0 Å². The number of pyridine rings is 1. The SMILES string of the molecule is CCC(C)(C)C(O)c1cncc2ccccc12. The van der Waals surface area contributed by atoms with E-state index in [2.05, 4.69) is 25.8 Å². The van der Waals surface area contributed by atoms with E-state index < -0.39 is 6.10 Å². The number of rotatable bonds is 3. The van der Waals surface area contributed by atoms with Crippen LogP contribution in [0.15, 0.2) is 36.7 Å². The van der Waals surface area contributed by atoms with Crippen LogP contribution in [-0.2, 0) is 0 Å². The minimum Gasteiger partial charge on any atom is -0.388 e. The minimum atomic E-state index is -0.480. The summed E-state index contributed by atoms with van der Waals surface area (Å²) >= 11 is 0. The molecule has 0 saturated carbocycles. The van der Waals surface area contributed by atoms with Gasteiger partial charge in [-0.05, 0) is 17.2 Å². The van der Waals surface area contributed by atoms with Crippen LogP contribution in [0.25, 0.3) is 10.8 Å². The number of aliphatic hydroxyl groups excluding tert-OH is 1. The molecular weight excluding hydrogens is 210 g/mol. The molecule has 0 aliphatic rings. The Morgan fingerprint density at radius 2 is 1.94 bits per heavy atom. The molecule has 1 unspecified atom stereocenters. The highest BCUT2D eigenvalue weighted by molar-refractivity contribution is 5.84. The third-order valence-electron chi connectivity index (χ3n) is 3.65. The lowest BCUT2D eigenvalue weighted by Crippen LogP contribution is -2.21. The van der Waals surface area contributed by atoms with Gasteiger partial charge in [0.25, 0.3) is 0 Å². The molecule has 1 heterocycles. The van der Waals surface area contributed by atoms with Gasteiger partial charge in [0.05, 0.1) is 6.10 Å². The van der Waals surface area contributed by atoms with Gasteiger partial charge >= 0.3 is 0 Å². The van der Waals surface area contributed by atoms with E-state index in [0.29, 0.717) is 0 Å². The Kier molecular flexibility index (Phi) is 3.16. The quantitative estimate of drug-likeness (QED) is 0.870. The van der Waals surface area contributed by atoms with Crippen molar-refractivity contribution in [1.82, 2.24) is 4.98 Å². The van der Waals surface area contributed by atoms with E-state index in [1.54, 1.807) is 6.20 Å². The van der Waals surface area contributed by atoms with Crippen LogP contribution in [0.3, 0.4) is 0 Å². The Morgan fingerprint density at radius 3 is 2.65 bits per heavy atom. The summed E-state index contributed by atoms with van der Waals surface area (Å²) in [5.74, 6) is 0. The molecule has 90 valence electrons. The molecule has 0 radical (unpaired) electrons. The molecule has 1 aromatic heterocycles. The summed E-state index contributed by atoms with van der Waals surface area (Å²) in [5, 5.41) is 12.7. The molecule has 0 bridgehead atoms. The van der Waals surface area contributed by atoms with Crippen LogP contribution in [0, 0.1) is 5.41 Å². The van der Waals surface area contributed by atoms with E-state index in [1.165, 1.54) is 0 Å². The number of hydrogen-bond acceptors (Lipinski definition) is 2. The third kappa shape index (κ3) is 2.18. The number of aromatic nitrogens is 1. The summed E-state index contributed by atoms with van der Waals surface area (Å²) < 4.78 is 0. The average Bonchev–Trinajstić information content (AvgIpc) is 2.37. The van der Waals surface area contributed by atoms with E-state index >= 15 is 0 Å². The molecule has 1 atom stereocenters. The number of nitrogens with zero attached hydrogens (tertiary/aromatic N) is 1. The van der Waals surface area contributed by atoms with E-state index in [-0.39, 0.29) is 5.41 Å². The van der Waals surface area contributed by atoms with E-state index in [0.717, 1.165) is 22.8 Å². The van der Waals surface area contributed by atoms with Gasteiger partial charge in [-0.25, -0.2) is 0 Å². The number of fused-ring (bicyclic) bond motifs is 1. The van der Waals surface area contributed by atoms with Crippen molar-refractivity contribution in [2.75, 3.05) is 0 Å². The molecule has 2 heteroatoms. The molecule has 0 aliphatic carbocycles. The van der Waals surface area contributed by atoms with Crippen molar-refractivity contribution < 1.29 is 5.11 Å². The van der Waals surface area contributed by atoms with Crippen molar-refractivity contribution >= 4 is 10.8 Å². The van der Waals surface area contributed by atoms with Crippen molar-refractivity contribution in [3.05, 3.63) is 42.2 Å². The first-order valence-electron chi connectivity index (χ1n) is 6.07. The highest BCUT2D eigenvalue weighted by Gasteiger charge is 2.28. The molecule has 1 aromatic carbocycles. The zero-order valence-corrected chi connectivity index (χ0v) is 10.6. The molecule has 1 N–H and O–H groups in total. The summed E-state index contributed by atoms with van der Waals surface area (Å²) in [5.41, 5.74) is 0.793. The van der Waals surface area contributed by atoms with Crippen LogP contribution in [0.2, 0.25) is 0 Å². The maximum absolute atomic E-state index is 10.5. The first-order chi connectivity index (χ1) is 8.06. The lowest BCUT2D eigenvalue weighted by Gasteiger charge is -2.30. The summed E-state index contributed by atoms with van der Waals surface area (Å²) in [6.07, 6.45) is 4.07. The minimum absolute atomic E-state index is 0.133. The molecular formula is C15H19NO. The lowest BCUT2D eigenvalue weighted by atomic mass is 9.80. The zero-order valence-electron chi connectivity index (χ0n) is 10.6. The van der Waals surface area contributed by atoms with Gasteiger partial charge < -0.3 is 5.11 Å². The van der Waals surface area contributed by atoms with Gasteiger partial charge in [-0.3, -0.25) is 4.98 Å². The molecule has 0 saturated heterocycles. The molecule has 2 aromatic rings. The summed E-state index contributed by atoms with van der Waals surface area (Å²) in [6.45, 7) is 6.26. The third-order valence-corrected chi connectivity index (χ3v) is 3.65. The monoisotopic (exact) mass is 229 g/mol. The normalized spacial score (nSPS) is 13.9. The summed E-state index contributed by atoms with van der Waals surface area (Å²) in [7, 11) is 0. The molecule has 2 rings (SSSR count). The van der Waals surface area contributed by atoms with E-state index in [1.807, 2.05) is 30.5 Å². The number of hydrogen-bond donors (Lipinski definition) is 1. The number of aliphatic hydroxyl groups is 1. The fraction of sp³-hybridized carbons (Fsp3) is 0.400. The second-order valence-corrected chi connectivity index (χ2v) is 5.19. The predicted octanol–water partition coefficient (Wildman–Crippen LogP) is 3.70. The van der Waals surface area contributed by atoms with Gasteiger partial charge in [0.1, 0.15) is 0 Å². The molecule has 17 heavy (non-hydrogen) atoms. The number of benzene rings is 1. The smallest absolute Gasteiger partial charge is 0.0861 e. The Hall–Kier alpha value is -1.41. The highest BCUT2D eigenvalue weighted by Crippen LogP contribution is 2.38. The first-order valence-corrected chi connectivity index (χ1v) is 6.07. The van der Waals surface area contributed by atoms with Gasteiger partial charge in [-0.15, -0.1) is 0 Å². The average molecular weight is 229 g/mol. The maximum atomic E-state index is 10.5. The van der Waals surface area contributed by atoms with Crippen molar-refractivity contribution in [3.63, 3.8) is 0 Å². The fourth-order valence-electron chi connectivity index (χ4n) is 1.97. The van der Waals surface area contributed by atoms with Crippen molar-refractivity contribution in [3.8, 4) is 0 Å². The predicted molar refractivity (Wildman–Crippen MR) is 70.8 cm³/mol. The Bertz CT molecular complexity index is 514. The van der Waals surface area contributed by atoms with Crippen LogP contribution < -0.4 is 0 Å². The zero-order chi connectivity index (χ0) is 12.5. The first kappa shape index (κ1) is 12.1. The largest absolute Gasteiger partial charge is 0.388 e. The second-order valence-electron chi connectivity index (χ2n) is 5.19. The summed E-state index contributed by atoms with van der Waals surface area (Å²) in [6, 6.07) is 8.06. The molecule has 0 fully saturated rings. The Morgan fingerprint density at radius 1 is 1.24 bits per heavy atom. The standard InChI is InChI=1S/C15H19NO/c1-4-15(2,3)14(17)13-10-16-9-11-7-5-6-8-12(11)13/h5-10,14,17H,4H2,1-3H3. The fourth-order valence-corrected chi connectivity index (χ4v) is 1.97. The van der Waals surface area contributed by atoms with Crippen molar-refractivity contribution in [2.45, 2.75) is 33.3 Å². The molecule has 0 spiro atoms. The van der Waals surface area contributed by atoms with Gasteiger partial charge in [-0.2, -0.15) is 0 Å². The van der Waals surface area contributed by atoms with E-state index in [4.69, 9.17) is 0 Å². The van der Waals surface area contributed by atoms with Gasteiger partial charge in [-0.1, -0.05) is 45.0 Å². The van der Waals surface area contributed by atoms with Crippen LogP contribution in [0.5, 0.6) is 0 Å². The molecule has 0 amide bonds. The Balaban J connectivity index is 2.56. The van der Waals surface area contributed by atoms with Gasteiger partial charge in [0.15, 0.2) is 0 Å². The van der Waals surface area contributed by atoms with Gasteiger partial charge in [0, 0.05) is 23.3 Å². The summed E-state index contributed by atoms with van der Waals surface area (Å²) in [4.78, 5) is 4.22. The van der Waals surface area contributed by atoms with E-state index in [9.17, 15) is 5.11 Å². The van der Waals surface area contributed by atoms with Crippen molar-refractivity contribution in [2.24, 2.45) is 5.41 Å². The Labute approximate surface area is 102 Å². The molecule has 0 aliphatic heterocycles. The van der Waals surface area contributed by atoms with Crippen LogP contribution in [-0.4, -0.2) is 10.1 Å². The topological polar surface area (TPSA) is 33.1 Å². The maximum Gasteiger partial charge on any atom is 0.0861 e. The van der Waals surface area contributed by atoms with Crippen LogP contribution in [0.4, 0.5) is 0 Å². The highest BCUT2D eigenvalue weighted by atomic mass is 16.3. The lowest BCUT2D eigenvalue weighted by molar-refractivity contribution is 0.0475. The molecule has 2 nitrogen and oxygen atoms in total. The van der Waals surface area contributed by atoms with Crippen LogP contribution in [0.1, 0.15) is 38.9 Å².